The summed E-state index contributed by atoms with van der Waals surface area (Å²) in [5.41, 5.74) is 4.32. The lowest BCUT2D eigenvalue weighted by molar-refractivity contribution is -0.120. The first-order chi connectivity index (χ1) is 14.7. The third kappa shape index (κ3) is 4.66. The molecular weight excluding hydrogens is 408 g/mol. The molecule has 0 saturated carbocycles. The molecule has 0 aliphatic carbocycles. The van der Waals surface area contributed by atoms with Gasteiger partial charge in [-0.25, -0.2) is 4.98 Å². The van der Waals surface area contributed by atoms with Crippen molar-refractivity contribution in [3.63, 3.8) is 0 Å². The van der Waals surface area contributed by atoms with Crippen LogP contribution in [0, 0.1) is 12.3 Å². The van der Waals surface area contributed by atoms with Gasteiger partial charge in [0.25, 0.3) is 5.91 Å². The molecule has 0 unspecified atom stereocenters. The Morgan fingerprint density at radius 3 is 2.71 bits per heavy atom. The second-order valence-corrected chi connectivity index (χ2v) is 10.2. The number of fused-ring (bicyclic) bond motifs is 1. The summed E-state index contributed by atoms with van der Waals surface area (Å²) in [6.07, 6.45) is 2.96. The highest BCUT2D eigenvalue weighted by Gasteiger charge is 2.28. The Morgan fingerprint density at radius 2 is 2.00 bits per heavy atom. The lowest BCUT2D eigenvalue weighted by Gasteiger charge is -2.23. The van der Waals surface area contributed by atoms with Gasteiger partial charge >= 0.3 is 0 Å². The molecule has 1 N–H and O–H groups in total. The molecule has 2 amide bonds. The van der Waals surface area contributed by atoms with Crippen molar-refractivity contribution in [2.75, 3.05) is 16.8 Å². The largest absolute Gasteiger partial charge is 0.312 e. The van der Waals surface area contributed by atoms with Gasteiger partial charge in [0.05, 0.1) is 5.69 Å². The second-order valence-electron chi connectivity index (χ2n) is 8.97. The number of hydrogen-bond acceptors (Lipinski definition) is 5. The molecule has 0 spiro atoms. The van der Waals surface area contributed by atoms with Crippen LogP contribution in [-0.2, 0) is 11.2 Å². The molecule has 7 heteroatoms. The summed E-state index contributed by atoms with van der Waals surface area (Å²) in [4.78, 5) is 36.8. The van der Waals surface area contributed by atoms with Crippen molar-refractivity contribution in [1.29, 1.82) is 0 Å². The van der Waals surface area contributed by atoms with Crippen molar-refractivity contribution in [1.82, 2.24) is 9.97 Å². The summed E-state index contributed by atoms with van der Waals surface area (Å²) in [7, 11) is 0. The number of thiazole rings is 1. The molecule has 1 aliphatic heterocycles. The molecule has 1 aliphatic rings. The molecule has 3 aromatic rings. The van der Waals surface area contributed by atoms with Crippen LogP contribution >= 0.6 is 11.3 Å². The van der Waals surface area contributed by atoms with Crippen LogP contribution in [0.15, 0.2) is 42.6 Å². The van der Waals surface area contributed by atoms with Gasteiger partial charge in [-0.3, -0.25) is 19.9 Å². The smallest absolute Gasteiger partial charge is 0.276 e. The third-order valence-electron chi connectivity index (χ3n) is 5.15. The number of anilines is 2. The van der Waals surface area contributed by atoms with E-state index >= 15 is 0 Å². The van der Waals surface area contributed by atoms with E-state index in [1.165, 1.54) is 11.3 Å². The van der Waals surface area contributed by atoms with Crippen LogP contribution in [-0.4, -0.2) is 28.3 Å². The van der Waals surface area contributed by atoms with E-state index < -0.39 is 0 Å². The monoisotopic (exact) mass is 434 g/mol. The lowest BCUT2D eigenvalue weighted by Crippen LogP contribution is -2.31. The first-order valence-corrected chi connectivity index (χ1v) is 11.2. The van der Waals surface area contributed by atoms with Gasteiger partial charge in [0.1, 0.15) is 5.69 Å². The minimum Gasteiger partial charge on any atom is -0.312 e. The average molecular weight is 435 g/mol. The highest BCUT2D eigenvalue weighted by Crippen LogP contribution is 2.36. The van der Waals surface area contributed by atoms with Crippen LogP contribution in [0.3, 0.4) is 0 Å². The first kappa shape index (κ1) is 21.2. The maximum Gasteiger partial charge on any atom is 0.276 e. The molecule has 160 valence electrons. The highest BCUT2D eigenvalue weighted by atomic mass is 32.1. The summed E-state index contributed by atoms with van der Waals surface area (Å²) in [6.45, 7) is 8.96. The van der Waals surface area contributed by atoms with Crippen LogP contribution < -0.4 is 10.2 Å². The Morgan fingerprint density at radius 1 is 1.19 bits per heavy atom. The lowest BCUT2D eigenvalue weighted by atomic mass is 9.91. The minimum absolute atomic E-state index is 0.0341. The number of nitrogens with zero attached hydrogens (tertiary/aromatic N) is 3. The zero-order valence-electron chi connectivity index (χ0n) is 18.2. The number of benzene rings is 1. The zero-order valence-corrected chi connectivity index (χ0v) is 19.0. The normalized spacial score (nSPS) is 13.2. The summed E-state index contributed by atoms with van der Waals surface area (Å²) >= 11 is 1.44. The molecule has 4 rings (SSSR count). The van der Waals surface area contributed by atoms with Crippen LogP contribution in [0.25, 0.3) is 11.3 Å². The Hall–Kier alpha value is -3.06. The van der Waals surface area contributed by atoms with Gasteiger partial charge in [0.15, 0.2) is 5.13 Å². The molecule has 1 aromatic carbocycles. The topological polar surface area (TPSA) is 75.2 Å². The quantitative estimate of drug-likeness (QED) is 0.620. The number of rotatable bonds is 4. The van der Waals surface area contributed by atoms with E-state index in [0.717, 1.165) is 40.4 Å². The van der Waals surface area contributed by atoms with E-state index in [-0.39, 0.29) is 17.2 Å². The van der Waals surface area contributed by atoms with Crippen molar-refractivity contribution in [2.24, 2.45) is 5.41 Å². The van der Waals surface area contributed by atoms with Crippen molar-refractivity contribution in [3.8, 4) is 11.3 Å². The molecule has 0 atom stereocenters. The Kier molecular flexibility index (Phi) is 5.62. The number of pyridine rings is 1. The fourth-order valence-corrected chi connectivity index (χ4v) is 4.56. The van der Waals surface area contributed by atoms with Gasteiger partial charge < -0.3 is 4.90 Å². The van der Waals surface area contributed by atoms with E-state index in [2.05, 4.69) is 42.1 Å². The SMILES string of the molecule is Cc1sc(NC(=O)c2ccccn2)nc1-c1ccc2c(c1)CCN2C(=O)CC(C)(C)C. The number of carbonyl (C=O) groups excluding carboxylic acids is 2. The number of carbonyl (C=O) groups is 2. The predicted octanol–water partition coefficient (Wildman–Crippen LogP) is 5.09. The van der Waals surface area contributed by atoms with E-state index in [0.29, 0.717) is 17.2 Å². The first-order valence-electron chi connectivity index (χ1n) is 10.3. The summed E-state index contributed by atoms with van der Waals surface area (Å²) in [6, 6.07) is 11.4. The van der Waals surface area contributed by atoms with E-state index in [4.69, 9.17) is 0 Å². The number of nitrogens with one attached hydrogen (secondary N) is 1. The van der Waals surface area contributed by atoms with E-state index in [1.54, 1.807) is 24.4 Å². The minimum atomic E-state index is -0.275. The summed E-state index contributed by atoms with van der Waals surface area (Å²) < 4.78 is 0. The van der Waals surface area contributed by atoms with Crippen LogP contribution in [0.1, 0.15) is 48.1 Å². The predicted molar refractivity (Wildman–Crippen MR) is 125 cm³/mol. The van der Waals surface area contributed by atoms with Crippen LogP contribution in [0.2, 0.25) is 0 Å². The molecular formula is C24H26N4O2S. The maximum atomic E-state index is 12.7. The number of amides is 2. The number of aryl methyl sites for hydroxylation is 1. The van der Waals surface area contributed by atoms with E-state index in [1.807, 2.05) is 24.0 Å². The van der Waals surface area contributed by atoms with E-state index in [9.17, 15) is 9.59 Å². The van der Waals surface area contributed by atoms with Gasteiger partial charge in [-0.1, -0.05) is 32.9 Å². The van der Waals surface area contributed by atoms with Crippen molar-refractivity contribution >= 4 is 34.0 Å². The molecule has 0 fully saturated rings. The molecule has 0 saturated heterocycles. The van der Waals surface area contributed by atoms with Crippen molar-refractivity contribution in [2.45, 2.75) is 40.5 Å². The average Bonchev–Trinajstić information content (AvgIpc) is 3.30. The van der Waals surface area contributed by atoms with Gasteiger partial charge in [0.2, 0.25) is 5.91 Å². The maximum absolute atomic E-state index is 12.7. The molecule has 31 heavy (non-hydrogen) atoms. The molecule has 6 nitrogen and oxygen atoms in total. The van der Waals surface area contributed by atoms with Crippen LogP contribution in [0.5, 0.6) is 0 Å². The Balaban J connectivity index is 1.54. The van der Waals surface area contributed by atoms with Crippen molar-refractivity contribution in [3.05, 3.63) is 58.7 Å². The second kappa shape index (κ2) is 8.23. The van der Waals surface area contributed by atoms with Gasteiger partial charge in [0, 0.05) is 35.3 Å². The summed E-state index contributed by atoms with van der Waals surface area (Å²) in [5, 5.41) is 3.39. The number of hydrogen-bond donors (Lipinski definition) is 1. The number of aromatic nitrogens is 2. The summed E-state index contributed by atoms with van der Waals surface area (Å²) in [5.74, 6) is -0.105. The Bertz CT molecular complexity index is 1130. The van der Waals surface area contributed by atoms with Gasteiger partial charge in [-0.05, 0) is 48.6 Å². The molecule has 2 aromatic heterocycles. The highest BCUT2D eigenvalue weighted by molar-refractivity contribution is 7.16. The third-order valence-corrected chi connectivity index (χ3v) is 6.03. The fourth-order valence-electron chi connectivity index (χ4n) is 3.73. The van der Waals surface area contributed by atoms with Gasteiger partial charge in [-0.15, -0.1) is 11.3 Å². The standard InChI is InChI=1S/C24H26N4O2S/c1-15-21(26-23(31-15)27-22(30)18-7-5-6-11-25-18)17-8-9-19-16(13-17)10-12-28(19)20(29)14-24(2,3)4/h5-9,11,13H,10,12,14H2,1-4H3,(H,26,27,30). The fraction of sp³-hybridized carbons (Fsp3) is 0.333. The molecule has 0 radical (unpaired) electrons. The van der Waals surface area contributed by atoms with Crippen molar-refractivity contribution < 1.29 is 9.59 Å². The molecule has 3 heterocycles. The molecule has 0 bridgehead atoms. The van der Waals surface area contributed by atoms with Gasteiger partial charge in [-0.2, -0.15) is 0 Å². The van der Waals surface area contributed by atoms with Crippen LogP contribution in [0.4, 0.5) is 10.8 Å². The zero-order chi connectivity index (χ0) is 22.2. The Labute approximate surface area is 186 Å².